The maximum Gasteiger partial charge on any atom is 0.244 e. The van der Waals surface area contributed by atoms with Crippen LogP contribution >= 0.6 is 0 Å². The fourth-order valence-electron chi connectivity index (χ4n) is 2.64. The number of hydrogen-bond donors (Lipinski definition) is 2. The van der Waals surface area contributed by atoms with E-state index < -0.39 is 0 Å². The lowest BCUT2D eigenvalue weighted by molar-refractivity contribution is -0.127. The number of piperazine rings is 1. The van der Waals surface area contributed by atoms with Crippen LogP contribution in [-0.2, 0) is 14.4 Å². The van der Waals surface area contributed by atoms with Crippen molar-refractivity contribution in [3.8, 4) is 0 Å². The van der Waals surface area contributed by atoms with Crippen LogP contribution in [0.3, 0.4) is 0 Å². The van der Waals surface area contributed by atoms with Crippen molar-refractivity contribution in [2.24, 2.45) is 0 Å². The van der Waals surface area contributed by atoms with Crippen molar-refractivity contribution in [1.29, 1.82) is 0 Å². The van der Waals surface area contributed by atoms with E-state index in [0.29, 0.717) is 19.6 Å². The molecule has 3 amide bonds. The Hall–Kier alpha value is -1.47. The largest absolute Gasteiger partial charge is 0.353 e. The van der Waals surface area contributed by atoms with E-state index in [1.807, 2.05) is 18.7 Å². The van der Waals surface area contributed by atoms with Crippen molar-refractivity contribution >= 4 is 17.7 Å². The van der Waals surface area contributed by atoms with Crippen molar-refractivity contribution < 1.29 is 14.4 Å². The zero-order valence-electron chi connectivity index (χ0n) is 12.0. The summed E-state index contributed by atoms with van der Waals surface area (Å²) in [6.45, 7) is 7.16. The van der Waals surface area contributed by atoms with Gasteiger partial charge in [0.25, 0.3) is 0 Å². The van der Waals surface area contributed by atoms with E-state index in [1.54, 1.807) is 0 Å². The molecule has 20 heavy (non-hydrogen) atoms. The molecule has 2 aliphatic rings. The first-order valence-electron chi connectivity index (χ1n) is 7.05. The van der Waals surface area contributed by atoms with Crippen LogP contribution in [0.1, 0.15) is 20.3 Å². The van der Waals surface area contributed by atoms with Gasteiger partial charge in [-0.3, -0.25) is 29.5 Å². The minimum absolute atomic E-state index is 0.0298. The number of imide groups is 1. The summed E-state index contributed by atoms with van der Waals surface area (Å²) in [5.74, 6) is -0.359. The first-order chi connectivity index (χ1) is 9.45. The molecule has 2 heterocycles. The van der Waals surface area contributed by atoms with E-state index in [9.17, 15) is 14.4 Å². The molecule has 2 N–H and O–H groups in total. The molecule has 0 spiro atoms. The number of carbonyl (C=O) groups is 3. The van der Waals surface area contributed by atoms with Crippen LogP contribution in [0.5, 0.6) is 0 Å². The van der Waals surface area contributed by atoms with Crippen molar-refractivity contribution in [2.45, 2.75) is 32.4 Å². The van der Waals surface area contributed by atoms with Crippen LogP contribution in [-0.4, -0.2) is 72.3 Å². The minimum atomic E-state index is -0.325. The smallest absolute Gasteiger partial charge is 0.244 e. The van der Waals surface area contributed by atoms with Crippen LogP contribution in [0.25, 0.3) is 0 Å². The third-order valence-corrected chi connectivity index (χ3v) is 3.61. The Balaban J connectivity index is 1.76. The number of rotatable bonds is 4. The SMILES string of the molecule is CC(C)NC(=O)CN1CCN(C2CC(=O)NC2=O)CC1. The fourth-order valence-corrected chi connectivity index (χ4v) is 2.64. The minimum Gasteiger partial charge on any atom is -0.353 e. The normalized spacial score (nSPS) is 25.1. The van der Waals surface area contributed by atoms with E-state index >= 15 is 0 Å². The van der Waals surface area contributed by atoms with Gasteiger partial charge in [0.15, 0.2) is 0 Å². The second-order valence-corrected chi connectivity index (χ2v) is 5.67. The maximum absolute atomic E-state index is 11.7. The molecule has 7 nitrogen and oxygen atoms in total. The van der Waals surface area contributed by atoms with Gasteiger partial charge in [0, 0.05) is 32.2 Å². The topological polar surface area (TPSA) is 81.8 Å². The molecule has 0 aromatic rings. The predicted molar refractivity (Wildman–Crippen MR) is 72.8 cm³/mol. The van der Waals surface area contributed by atoms with E-state index in [4.69, 9.17) is 0 Å². The molecule has 1 unspecified atom stereocenters. The number of hydrogen-bond acceptors (Lipinski definition) is 5. The number of carbonyl (C=O) groups excluding carboxylic acids is 3. The highest BCUT2D eigenvalue weighted by Gasteiger charge is 2.36. The van der Waals surface area contributed by atoms with Crippen LogP contribution in [0.15, 0.2) is 0 Å². The molecule has 0 aliphatic carbocycles. The average Bonchev–Trinajstić information content (AvgIpc) is 2.68. The van der Waals surface area contributed by atoms with Crippen molar-refractivity contribution in [2.75, 3.05) is 32.7 Å². The Kier molecular flexibility index (Phi) is 4.72. The summed E-state index contributed by atoms with van der Waals surface area (Å²) in [6, 6.07) is -0.175. The molecule has 112 valence electrons. The number of nitrogens with zero attached hydrogens (tertiary/aromatic N) is 2. The Bertz CT molecular complexity index is 402. The lowest BCUT2D eigenvalue weighted by Gasteiger charge is -2.36. The fraction of sp³-hybridized carbons (Fsp3) is 0.769. The monoisotopic (exact) mass is 282 g/mol. The summed E-state index contributed by atoms with van der Waals surface area (Å²) in [4.78, 5) is 38.6. The van der Waals surface area contributed by atoms with E-state index in [0.717, 1.165) is 13.1 Å². The van der Waals surface area contributed by atoms with Crippen molar-refractivity contribution in [3.05, 3.63) is 0 Å². The maximum atomic E-state index is 11.7. The lowest BCUT2D eigenvalue weighted by atomic mass is 10.1. The Labute approximate surface area is 118 Å². The molecule has 7 heteroatoms. The Morgan fingerprint density at radius 1 is 1.30 bits per heavy atom. The predicted octanol–water partition coefficient (Wildman–Crippen LogP) is -1.46. The van der Waals surface area contributed by atoms with E-state index in [1.165, 1.54) is 0 Å². The molecule has 0 saturated carbocycles. The Morgan fingerprint density at radius 3 is 2.45 bits per heavy atom. The summed E-state index contributed by atoms with van der Waals surface area (Å²) in [5.41, 5.74) is 0. The van der Waals surface area contributed by atoms with Crippen molar-refractivity contribution in [3.63, 3.8) is 0 Å². The molecule has 0 bridgehead atoms. The quantitative estimate of drug-likeness (QED) is 0.616. The highest BCUT2D eigenvalue weighted by molar-refractivity contribution is 6.05. The third kappa shape index (κ3) is 3.77. The molecule has 0 aromatic carbocycles. The summed E-state index contributed by atoms with van der Waals surface area (Å²) < 4.78 is 0. The second-order valence-electron chi connectivity index (χ2n) is 5.67. The average molecular weight is 282 g/mol. The highest BCUT2D eigenvalue weighted by atomic mass is 16.2. The molecule has 2 fully saturated rings. The molecule has 0 aromatic heterocycles. The summed E-state index contributed by atoms with van der Waals surface area (Å²) >= 11 is 0. The number of amides is 3. The lowest BCUT2D eigenvalue weighted by Crippen LogP contribution is -2.54. The van der Waals surface area contributed by atoms with Gasteiger partial charge in [-0.25, -0.2) is 0 Å². The van der Waals surface area contributed by atoms with E-state index in [-0.39, 0.29) is 36.2 Å². The summed E-state index contributed by atoms with van der Waals surface area (Å²) in [7, 11) is 0. The Morgan fingerprint density at radius 2 is 1.95 bits per heavy atom. The number of nitrogens with one attached hydrogen (secondary N) is 2. The molecular formula is C13H22N4O3. The van der Waals surface area contributed by atoms with Crippen LogP contribution < -0.4 is 10.6 Å². The first-order valence-corrected chi connectivity index (χ1v) is 7.05. The molecule has 0 radical (unpaired) electrons. The van der Waals surface area contributed by atoms with Crippen LogP contribution in [0, 0.1) is 0 Å². The molecule has 2 saturated heterocycles. The van der Waals surface area contributed by atoms with Gasteiger partial charge in [0.05, 0.1) is 19.0 Å². The van der Waals surface area contributed by atoms with Gasteiger partial charge in [-0.1, -0.05) is 0 Å². The standard InChI is InChI=1S/C13H22N4O3/c1-9(2)14-12(19)8-16-3-5-17(6-4-16)10-7-11(18)15-13(10)20/h9-10H,3-8H2,1-2H3,(H,14,19)(H,15,18,20). The zero-order valence-corrected chi connectivity index (χ0v) is 12.0. The third-order valence-electron chi connectivity index (χ3n) is 3.61. The van der Waals surface area contributed by atoms with Gasteiger partial charge in [0.2, 0.25) is 17.7 Å². The van der Waals surface area contributed by atoms with Gasteiger partial charge in [0.1, 0.15) is 0 Å². The van der Waals surface area contributed by atoms with Gasteiger partial charge in [-0.05, 0) is 13.8 Å². The van der Waals surface area contributed by atoms with E-state index in [2.05, 4.69) is 15.5 Å². The highest BCUT2D eigenvalue weighted by Crippen LogP contribution is 2.13. The summed E-state index contributed by atoms with van der Waals surface area (Å²) in [5, 5.41) is 5.20. The molecule has 2 aliphatic heterocycles. The summed E-state index contributed by atoms with van der Waals surface area (Å²) in [6.07, 6.45) is 0.257. The molecule has 2 rings (SSSR count). The van der Waals surface area contributed by atoms with Gasteiger partial charge in [-0.2, -0.15) is 0 Å². The van der Waals surface area contributed by atoms with Gasteiger partial charge >= 0.3 is 0 Å². The first kappa shape index (κ1) is 14.9. The molecular weight excluding hydrogens is 260 g/mol. The van der Waals surface area contributed by atoms with Gasteiger partial charge in [-0.15, -0.1) is 0 Å². The van der Waals surface area contributed by atoms with Crippen molar-refractivity contribution in [1.82, 2.24) is 20.4 Å². The second kappa shape index (κ2) is 6.32. The van der Waals surface area contributed by atoms with Gasteiger partial charge < -0.3 is 5.32 Å². The zero-order chi connectivity index (χ0) is 14.7. The van der Waals surface area contributed by atoms with Crippen LogP contribution in [0.4, 0.5) is 0 Å². The molecule has 1 atom stereocenters. The van der Waals surface area contributed by atoms with Crippen LogP contribution in [0.2, 0.25) is 0 Å².